The Hall–Kier alpha value is -4.19. The molecule has 1 N–H and O–H groups in total. The van der Waals surface area contributed by atoms with Crippen LogP contribution in [-0.4, -0.2) is 74.2 Å². The molecular formula is C32H40N2O10. The largest absolute Gasteiger partial charge is 0.493 e. The fourth-order valence-corrected chi connectivity index (χ4v) is 5.35. The third-order valence-electron chi connectivity index (χ3n) is 7.66. The van der Waals surface area contributed by atoms with Gasteiger partial charge < -0.3 is 33.7 Å². The first-order valence-corrected chi connectivity index (χ1v) is 15.0. The molecule has 1 aromatic heterocycles. The van der Waals surface area contributed by atoms with Gasteiger partial charge in [0.25, 0.3) is 5.91 Å². The first-order chi connectivity index (χ1) is 21.3. The molecule has 1 aliphatic heterocycles. The molecule has 1 saturated carbocycles. The second-order valence-electron chi connectivity index (χ2n) is 10.8. The topological polar surface area (TPSA) is 149 Å². The second-order valence-corrected chi connectivity index (χ2v) is 10.8. The van der Waals surface area contributed by atoms with E-state index in [2.05, 4.69) is 10.3 Å². The zero-order valence-corrected chi connectivity index (χ0v) is 25.3. The van der Waals surface area contributed by atoms with E-state index in [1.165, 1.54) is 19.4 Å². The standard InChI is InChI=1S/C32H40N2O10/c1-4-16-40-27-20(2)44-32(38)24(18-41-31(37)23(27)17-21-10-6-5-7-11-21)34-29(35)26-28(25(39-3)14-15-33-26)42-19-43-30(36)22-12-8-9-13-22/h5-7,10-11,14-15,20,22-24,27H,4,8-9,12-13,16-19H2,1-3H3,(H,34,35). The van der Waals surface area contributed by atoms with Crippen molar-refractivity contribution in [2.45, 2.75) is 70.6 Å². The highest BCUT2D eigenvalue weighted by Gasteiger charge is 2.40. The molecule has 4 atom stereocenters. The number of pyridine rings is 1. The van der Waals surface area contributed by atoms with Crippen LogP contribution in [0.3, 0.4) is 0 Å². The minimum absolute atomic E-state index is 0.0792. The van der Waals surface area contributed by atoms with Gasteiger partial charge in [-0.1, -0.05) is 50.1 Å². The van der Waals surface area contributed by atoms with E-state index in [0.717, 1.165) is 31.2 Å². The van der Waals surface area contributed by atoms with Gasteiger partial charge in [0.1, 0.15) is 18.8 Å². The highest BCUT2D eigenvalue weighted by atomic mass is 16.7. The summed E-state index contributed by atoms with van der Waals surface area (Å²) in [5.74, 6) is -3.41. The van der Waals surface area contributed by atoms with Crippen LogP contribution in [0.15, 0.2) is 42.6 Å². The number of hydrogen-bond acceptors (Lipinski definition) is 11. The lowest BCUT2D eigenvalue weighted by Crippen LogP contribution is -2.46. The predicted octanol–water partition coefficient (Wildman–Crippen LogP) is 3.40. The molecule has 44 heavy (non-hydrogen) atoms. The van der Waals surface area contributed by atoms with Gasteiger partial charge in [-0.2, -0.15) is 0 Å². The van der Waals surface area contributed by atoms with E-state index < -0.39 is 55.4 Å². The molecule has 1 aromatic carbocycles. The van der Waals surface area contributed by atoms with E-state index in [9.17, 15) is 19.2 Å². The molecular weight excluding hydrogens is 572 g/mol. The Morgan fingerprint density at radius 2 is 1.82 bits per heavy atom. The molecule has 1 aliphatic carbocycles. The molecule has 2 aliphatic rings. The third-order valence-corrected chi connectivity index (χ3v) is 7.66. The average molecular weight is 613 g/mol. The van der Waals surface area contributed by atoms with Crippen LogP contribution in [0.2, 0.25) is 0 Å². The van der Waals surface area contributed by atoms with Crippen molar-refractivity contribution < 1.29 is 47.6 Å². The van der Waals surface area contributed by atoms with Gasteiger partial charge in [0.2, 0.25) is 6.79 Å². The maximum atomic E-state index is 13.4. The number of amides is 1. The highest BCUT2D eigenvalue weighted by molar-refractivity contribution is 5.98. The van der Waals surface area contributed by atoms with Crippen LogP contribution in [-0.2, 0) is 39.8 Å². The summed E-state index contributed by atoms with van der Waals surface area (Å²) in [5, 5.41) is 2.54. The molecule has 2 heterocycles. The number of aromatic nitrogens is 1. The van der Waals surface area contributed by atoms with E-state index in [1.54, 1.807) is 6.92 Å². The summed E-state index contributed by atoms with van der Waals surface area (Å²) < 4.78 is 33.5. The first kappa shape index (κ1) is 32.7. The predicted molar refractivity (Wildman–Crippen MR) is 156 cm³/mol. The zero-order chi connectivity index (χ0) is 31.5. The normalized spacial score (nSPS) is 22.5. The minimum Gasteiger partial charge on any atom is -0.493 e. The lowest BCUT2D eigenvalue weighted by atomic mass is 9.91. The number of cyclic esters (lactones) is 2. The molecule has 238 valence electrons. The minimum atomic E-state index is -1.35. The molecule has 0 radical (unpaired) electrons. The number of carbonyl (C=O) groups is 4. The number of carbonyl (C=O) groups excluding carboxylic acids is 4. The Labute approximate surface area is 256 Å². The van der Waals surface area contributed by atoms with Gasteiger partial charge in [0.05, 0.1) is 18.9 Å². The Morgan fingerprint density at radius 3 is 2.52 bits per heavy atom. The Bertz CT molecular complexity index is 1280. The van der Waals surface area contributed by atoms with Crippen molar-refractivity contribution in [1.82, 2.24) is 10.3 Å². The van der Waals surface area contributed by atoms with Crippen LogP contribution < -0.4 is 14.8 Å². The molecule has 0 bridgehead atoms. The van der Waals surface area contributed by atoms with Crippen molar-refractivity contribution in [2.75, 3.05) is 27.1 Å². The maximum absolute atomic E-state index is 13.4. The van der Waals surface area contributed by atoms with Crippen LogP contribution in [0.4, 0.5) is 0 Å². The van der Waals surface area contributed by atoms with Crippen molar-refractivity contribution in [3.63, 3.8) is 0 Å². The molecule has 4 rings (SSSR count). The van der Waals surface area contributed by atoms with E-state index in [0.29, 0.717) is 19.4 Å². The summed E-state index contributed by atoms with van der Waals surface area (Å²) in [6, 6.07) is 9.54. The molecule has 12 nitrogen and oxygen atoms in total. The molecule has 4 unspecified atom stereocenters. The Balaban J connectivity index is 1.49. The quantitative estimate of drug-likeness (QED) is 0.214. The number of rotatable bonds is 12. The zero-order valence-electron chi connectivity index (χ0n) is 25.3. The summed E-state index contributed by atoms with van der Waals surface area (Å²) >= 11 is 0. The lowest BCUT2D eigenvalue weighted by Gasteiger charge is -2.29. The Morgan fingerprint density at radius 1 is 1.07 bits per heavy atom. The van der Waals surface area contributed by atoms with Crippen molar-refractivity contribution in [1.29, 1.82) is 0 Å². The molecule has 2 fully saturated rings. The van der Waals surface area contributed by atoms with Crippen molar-refractivity contribution in [3.8, 4) is 11.5 Å². The number of methoxy groups -OCH3 is 1. The number of hydrogen-bond donors (Lipinski definition) is 1. The molecule has 2 aromatic rings. The summed E-state index contributed by atoms with van der Waals surface area (Å²) in [6.07, 6.45) is 4.22. The molecule has 0 spiro atoms. The van der Waals surface area contributed by atoms with Gasteiger partial charge in [-0.15, -0.1) is 0 Å². The maximum Gasteiger partial charge on any atom is 0.332 e. The average Bonchev–Trinajstić information content (AvgIpc) is 3.58. The Kier molecular flexibility index (Phi) is 11.9. The van der Waals surface area contributed by atoms with E-state index >= 15 is 0 Å². The summed E-state index contributed by atoms with van der Waals surface area (Å²) in [5.41, 5.74) is 0.673. The highest BCUT2D eigenvalue weighted by Crippen LogP contribution is 2.31. The summed E-state index contributed by atoms with van der Waals surface area (Å²) in [6.45, 7) is 3.01. The van der Waals surface area contributed by atoms with Crippen LogP contribution in [0.5, 0.6) is 11.5 Å². The van der Waals surface area contributed by atoms with Crippen LogP contribution >= 0.6 is 0 Å². The molecule has 1 saturated heterocycles. The number of benzene rings is 1. The van der Waals surface area contributed by atoms with Gasteiger partial charge in [0, 0.05) is 18.9 Å². The molecule has 12 heteroatoms. The number of esters is 3. The number of nitrogens with one attached hydrogen (secondary N) is 1. The number of nitrogens with zero attached hydrogens (tertiary/aromatic N) is 1. The lowest BCUT2D eigenvalue weighted by molar-refractivity contribution is -0.164. The summed E-state index contributed by atoms with van der Waals surface area (Å²) in [4.78, 5) is 56.5. The third kappa shape index (κ3) is 8.46. The first-order valence-electron chi connectivity index (χ1n) is 15.0. The van der Waals surface area contributed by atoms with Gasteiger partial charge in [-0.3, -0.25) is 14.4 Å². The fourth-order valence-electron chi connectivity index (χ4n) is 5.35. The van der Waals surface area contributed by atoms with E-state index in [-0.39, 0.29) is 29.1 Å². The molecule has 1 amide bonds. The summed E-state index contributed by atoms with van der Waals surface area (Å²) in [7, 11) is 1.38. The smallest absolute Gasteiger partial charge is 0.332 e. The second kappa shape index (κ2) is 16.0. The van der Waals surface area contributed by atoms with Crippen LogP contribution in [0, 0.1) is 11.8 Å². The van der Waals surface area contributed by atoms with E-state index in [1.807, 2.05) is 37.3 Å². The van der Waals surface area contributed by atoms with Crippen molar-refractivity contribution >= 4 is 23.8 Å². The number of ether oxygens (including phenoxy) is 6. The monoisotopic (exact) mass is 612 g/mol. The van der Waals surface area contributed by atoms with Gasteiger partial charge in [0.15, 0.2) is 23.2 Å². The fraction of sp³-hybridized carbons (Fsp3) is 0.531. The van der Waals surface area contributed by atoms with Crippen LogP contribution in [0.25, 0.3) is 0 Å². The SMILES string of the molecule is CCCOC1C(C)OC(=O)C(NC(=O)c2nccc(OC)c2OCOC(=O)C2CCCC2)COC(=O)C1Cc1ccccc1. The van der Waals surface area contributed by atoms with Gasteiger partial charge in [-0.05, 0) is 38.2 Å². The van der Waals surface area contributed by atoms with E-state index in [4.69, 9.17) is 28.4 Å². The van der Waals surface area contributed by atoms with Crippen LogP contribution in [0.1, 0.15) is 62.0 Å². The van der Waals surface area contributed by atoms with Gasteiger partial charge >= 0.3 is 17.9 Å². The van der Waals surface area contributed by atoms with Gasteiger partial charge in [-0.25, -0.2) is 9.78 Å². The van der Waals surface area contributed by atoms with Crippen molar-refractivity contribution in [3.05, 3.63) is 53.9 Å². The van der Waals surface area contributed by atoms with Crippen molar-refractivity contribution in [2.24, 2.45) is 11.8 Å².